The largest absolute Gasteiger partial charge is 0.313 e. The number of benzene rings is 2. The van der Waals surface area contributed by atoms with Gasteiger partial charge >= 0.3 is 0 Å². The molecular weight excluding hydrogens is 300 g/mol. The van der Waals surface area contributed by atoms with E-state index in [4.69, 9.17) is 5.21 Å². The van der Waals surface area contributed by atoms with Gasteiger partial charge in [0.05, 0.1) is 11.9 Å². The lowest BCUT2D eigenvalue weighted by molar-refractivity contribution is -0.128. The van der Waals surface area contributed by atoms with Crippen LogP contribution in [0.3, 0.4) is 0 Å². The molecule has 0 atom stereocenters. The molecular formula is C20H20N2O2. The topological polar surface area (TPSA) is 54.3 Å². The Morgan fingerprint density at radius 1 is 1.17 bits per heavy atom. The van der Waals surface area contributed by atoms with Gasteiger partial charge in [0, 0.05) is 22.3 Å². The second kappa shape index (κ2) is 6.72. The molecule has 0 fully saturated rings. The van der Waals surface area contributed by atoms with Crippen molar-refractivity contribution >= 4 is 22.9 Å². The van der Waals surface area contributed by atoms with Gasteiger partial charge in [0.2, 0.25) is 5.91 Å². The van der Waals surface area contributed by atoms with E-state index in [9.17, 15) is 4.79 Å². The lowest BCUT2D eigenvalue weighted by atomic mass is 10.1. The summed E-state index contributed by atoms with van der Waals surface area (Å²) in [5.74, 6) is -0.416. The first-order valence-corrected chi connectivity index (χ1v) is 7.90. The van der Waals surface area contributed by atoms with E-state index in [1.165, 1.54) is 16.6 Å². The van der Waals surface area contributed by atoms with Crippen molar-refractivity contribution in [1.29, 1.82) is 0 Å². The van der Waals surface area contributed by atoms with Gasteiger partial charge in [-0.05, 0) is 37.6 Å². The van der Waals surface area contributed by atoms with Crippen molar-refractivity contribution in [1.82, 2.24) is 10.0 Å². The normalized spacial score (nSPS) is 11.3. The molecule has 1 amide bonds. The fraction of sp³-hybridized carbons (Fsp3) is 0.150. The molecule has 4 nitrogen and oxygen atoms in total. The van der Waals surface area contributed by atoms with E-state index in [0.717, 1.165) is 16.8 Å². The van der Waals surface area contributed by atoms with Gasteiger partial charge in [-0.3, -0.25) is 10.0 Å². The summed E-state index contributed by atoms with van der Waals surface area (Å²) in [5.41, 5.74) is 7.11. The minimum Gasteiger partial charge on any atom is -0.313 e. The van der Waals surface area contributed by atoms with Crippen LogP contribution in [-0.2, 0) is 11.2 Å². The number of hydrogen-bond acceptors (Lipinski definition) is 2. The Hall–Kier alpha value is -2.85. The molecule has 24 heavy (non-hydrogen) atoms. The van der Waals surface area contributed by atoms with Crippen LogP contribution in [0.15, 0.2) is 54.6 Å². The third-order valence-corrected chi connectivity index (χ3v) is 4.18. The molecule has 4 heteroatoms. The second-order valence-corrected chi connectivity index (χ2v) is 5.73. The number of carbonyl (C=O) groups is 1. The first kappa shape index (κ1) is 16.0. The highest BCUT2D eigenvalue weighted by atomic mass is 16.5. The first-order chi connectivity index (χ1) is 11.7. The van der Waals surface area contributed by atoms with Gasteiger partial charge in [0.1, 0.15) is 0 Å². The number of fused-ring (bicyclic) bond motifs is 1. The van der Waals surface area contributed by atoms with Gasteiger partial charge in [-0.15, -0.1) is 0 Å². The highest BCUT2D eigenvalue weighted by molar-refractivity contribution is 5.92. The number of carbonyl (C=O) groups excluding carboxylic acids is 1. The molecule has 0 aliphatic rings. The Balaban J connectivity index is 2.09. The van der Waals surface area contributed by atoms with E-state index >= 15 is 0 Å². The Kier molecular flexibility index (Phi) is 4.49. The number of nitrogens with zero attached hydrogens (tertiary/aromatic N) is 1. The number of amides is 1. The van der Waals surface area contributed by atoms with E-state index in [1.807, 2.05) is 37.3 Å². The maximum Gasteiger partial charge on any atom is 0.247 e. The summed E-state index contributed by atoms with van der Waals surface area (Å²) in [6.07, 6.45) is 4.34. The number of aromatic nitrogens is 1. The smallest absolute Gasteiger partial charge is 0.247 e. The Bertz CT molecular complexity index is 905. The molecule has 3 rings (SSSR count). The predicted molar refractivity (Wildman–Crippen MR) is 96.4 cm³/mol. The van der Waals surface area contributed by atoms with Gasteiger partial charge < -0.3 is 4.57 Å². The fourth-order valence-electron chi connectivity index (χ4n) is 3.09. The Morgan fingerprint density at radius 2 is 1.88 bits per heavy atom. The van der Waals surface area contributed by atoms with Gasteiger partial charge in [0.15, 0.2) is 0 Å². The Morgan fingerprint density at radius 3 is 2.54 bits per heavy atom. The monoisotopic (exact) mass is 320 g/mol. The van der Waals surface area contributed by atoms with Gasteiger partial charge in [-0.1, -0.05) is 42.5 Å². The standard InChI is InChI=1S/C20H20N2O2/c1-3-6-17-14(2)22(19-8-5-4-7-18(17)19)16-11-9-15(10-12-16)13-20(23)21-24/h3-12,24H,13H2,1-2H3,(H,21,23)/b6-3-. The van der Waals surface area contributed by atoms with Gasteiger partial charge in [-0.2, -0.15) is 0 Å². The first-order valence-electron chi connectivity index (χ1n) is 7.90. The van der Waals surface area contributed by atoms with Crippen LogP contribution < -0.4 is 5.48 Å². The number of rotatable bonds is 4. The van der Waals surface area contributed by atoms with E-state index in [2.05, 4.69) is 41.8 Å². The SMILES string of the molecule is C/C=C\c1c(C)n(-c2ccc(CC(=O)NO)cc2)c2ccccc12. The lowest BCUT2D eigenvalue weighted by Gasteiger charge is -2.10. The van der Waals surface area contributed by atoms with Crippen LogP contribution in [0, 0.1) is 6.92 Å². The van der Waals surface area contributed by atoms with Crippen molar-refractivity contribution in [2.45, 2.75) is 20.3 Å². The van der Waals surface area contributed by atoms with Crippen LogP contribution in [0.4, 0.5) is 0 Å². The zero-order chi connectivity index (χ0) is 17.1. The van der Waals surface area contributed by atoms with E-state index < -0.39 is 5.91 Å². The van der Waals surface area contributed by atoms with Crippen LogP contribution in [0.25, 0.3) is 22.7 Å². The van der Waals surface area contributed by atoms with E-state index in [0.29, 0.717) is 0 Å². The lowest BCUT2D eigenvalue weighted by Crippen LogP contribution is -2.20. The number of para-hydroxylation sites is 1. The van der Waals surface area contributed by atoms with Crippen LogP contribution in [0.5, 0.6) is 0 Å². The van der Waals surface area contributed by atoms with E-state index in [-0.39, 0.29) is 6.42 Å². The molecule has 2 aromatic carbocycles. The zero-order valence-electron chi connectivity index (χ0n) is 13.8. The molecule has 0 bridgehead atoms. The highest BCUT2D eigenvalue weighted by Crippen LogP contribution is 2.30. The molecule has 0 aliphatic carbocycles. The summed E-state index contributed by atoms with van der Waals surface area (Å²) in [4.78, 5) is 11.3. The minimum absolute atomic E-state index is 0.159. The highest BCUT2D eigenvalue weighted by Gasteiger charge is 2.13. The molecule has 0 saturated heterocycles. The number of nitrogens with one attached hydrogen (secondary N) is 1. The van der Waals surface area contributed by atoms with Crippen molar-refractivity contribution in [3.63, 3.8) is 0 Å². The summed E-state index contributed by atoms with van der Waals surface area (Å²) in [6.45, 7) is 4.13. The predicted octanol–water partition coefficient (Wildman–Crippen LogP) is 4.02. The molecule has 122 valence electrons. The molecule has 1 aromatic heterocycles. The number of allylic oxidation sites excluding steroid dienone is 1. The molecule has 1 heterocycles. The maximum atomic E-state index is 11.3. The summed E-state index contributed by atoms with van der Waals surface area (Å²) < 4.78 is 2.22. The van der Waals surface area contributed by atoms with Crippen molar-refractivity contribution in [3.8, 4) is 5.69 Å². The van der Waals surface area contributed by atoms with Gasteiger partial charge in [-0.25, -0.2) is 5.48 Å². The Labute approximate surface area is 141 Å². The molecule has 0 unspecified atom stereocenters. The number of hydroxylamine groups is 1. The van der Waals surface area contributed by atoms with Crippen molar-refractivity contribution < 1.29 is 10.0 Å². The molecule has 0 spiro atoms. The third kappa shape index (κ3) is 2.84. The molecule has 0 saturated carbocycles. The zero-order valence-corrected chi connectivity index (χ0v) is 13.8. The average molecular weight is 320 g/mol. The summed E-state index contributed by atoms with van der Waals surface area (Å²) in [5, 5.41) is 9.85. The van der Waals surface area contributed by atoms with Crippen molar-refractivity contribution in [3.05, 3.63) is 71.4 Å². The third-order valence-electron chi connectivity index (χ3n) is 4.18. The average Bonchev–Trinajstić information content (AvgIpc) is 2.88. The maximum absolute atomic E-state index is 11.3. The molecule has 2 N–H and O–H groups in total. The van der Waals surface area contributed by atoms with Crippen LogP contribution in [0.1, 0.15) is 23.7 Å². The van der Waals surface area contributed by atoms with Crippen molar-refractivity contribution in [2.75, 3.05) is 0 Å². The quantitative estimate of drug-likeness (QED) is 0.563. The summed E-state index contributed by atoms with van der Waals surface area (Å²) in [7, 11) is 0. The van der Waals surface area contributed by atoms with Gasteiger partial charge in [0.25, 0.3) is 0 Å². The molecule has 0 radical (unpaired) electrons. The van der Waals surface area contributed by atoms with E-state index in [1.54, 1.807) is 5.48 Å². The van der Waals surface area contributed by atoms with Crippen molar-refractivity contribution in [2.24, 2.45) is 0 Å². The van der Waals surface area contributed by atoms with Crippen LogP contribution >= 0.6 is 0 Å². The summed E-state index contributed by atoms with van der Waals surface area (Å²) >= 11 is 0. The van der Waals surface area contributed by atoms with Crippen LogP contribution in [0.2, 0.25) is 0 Å². The van der Waals surface area contributed by atoms with Crippen LogP contribution in [-0.4, -0.2) is 15.7 Å². The second-order valence-electron chi connectivity index (χ2n) is 5.73. The fourth-order valence-corrected chi connectivity index (χ4v) is 3.09. The number of hydrogen-bond donors (Lipinski definition) is 2. The molecule has 3 aromatic rings. The minimum atomic E-state index is -0.416. The summed E-state index contributed by atoms with van der Waals surface area (Å²) in [6, 6.07) is 16.2. The molecule has 0 aliphatic heterocycles.